The molecule has 0 aromatic rings. The summed E-state index contributed by atoms with van der Waals surface area (Å²) in [6.07, 6.45) is 1.50. The van der Waals surface area contributed by atoms with Gasteiger partial charge in [0, 0.05) is 32.7 Å². The molecule has 0 amide bonds. The van der Waals surface area contributed by atoms with Gasteiger partial charge in [-0.2, -0.15) is 6.92 Å². The summed E-state index contributed by atoms with van der Waals surface area (Å²) in [5, 5.41) is 6.76. The maximum Gasteiger partial charge on any atom is 0 e. The third kappa shape index (κ3) is 1890. The van der Waals surface area contributed by atoms with E-state index in [1.54, 1.807) is 0 Å². The standard InChI is InChI=1S/C2H3O.CHO2.Y/c1-2-3;2-1-3;/h1H3;(H,2,3);/q2*-1;. The van der Waals surface area contributed by atoms with Crippen molar-refractivity contribution in [2.45, 2.75) is 6.92 Å². The molecule has 0 aliphatic carbocycles. The van der Waals surface area contributed by atoms with Crippen LogP contribution in [-0.4, -0.2) is 17.9 Å². The second-order valence-electron chi connectivity index (χ2n) is 0.295. The number of rotatable bonds is 0. The molecule has 0 rings (SSSR count). The molecule has 0 bridgehead atoms. The summed E-state index contributed by atoms with van der Waals surface area (Å²) >= 11 is 0. The maximum absolute atomic E-state index is 8.68. The van der Waals surface area contributed by atoms with Crippen LogP contribution in [0.4, 0.5) is 0 Å². The maximum atomic E-state index is 8.68. The Kier molecular flexibility index (Phi) is 76.4. The summed E-state index contributed by atoms with van der Waals surface area (Å²) in [5.74, 6) is 0. The van der Waals surface area contributed by atoms with Gasteiger partial charge in [-0.15, -0.1) is 0 Å². The first-order valence-electron chi connectivity index (χ1n) is 1.13. The Labute approximate surface area is 67.0 Å². The zero-order valence-corrected chi connectivity index (χ0v) is 6.68. The summed E-state index contributed by atoms with van der Waals surface area (Å²) in [5.41, 5.74) is 0. The monoisotopic (exact) mass is 177 g/mol. The minimum Gasteiger partial charge on any atom is -0.665 e. The zero-order chi connectivity index (χ0) is 5.41. The Hall–Kier alpha value is 0.244. The fraction of sp³-hybridized carbons (Fsp3) is 0.333. The van der Waals surface area contributed by atoms with E-state index in [0.29, 0.717) is 6.47 Å². The summed E-state index contributed by atoms with van der Waals surface area (Å²) in [6.45, 7) is 1.82. The van der Waals surface area contributed by atoms with Crippen LogP contribution < -0.4 is 0 Å². The van der Waals surface area contributed by atoms with Gasteiger partial charge in [0.15, 0.2) is 0 Å². The molecule has 0 saturated carbocycles. The van der Waals surface area contributed by atoms with Crippen LogP contribution in [0, 0.1) is 0 Å². The summed E-state index contributed by atoms with van der Waals surface area (Å²) < 4.78 is 0. The van der Waals surface area contributed by atoms with E-state index in [-0.39, 0.29) is 32.7 Å². The number of hydrogen-bond donors (Lipinski definition) is 1. The molecule has 0 aromatic carbocycles. The van der Waals surface area contributed by atoms with E-state index in [4.69, 9.17) is 14.7 Å². The second kappa shape index (κ2) is 34.1. The Bertz CT molecular complexity index is 31.2. The van der Waals surface area contributed by atoms with Gasteiger partial charge in [0.05, 0.1) is 0 Å². The molecule has 1 radical (unpaired) electrons. The molecule has 3 nitrogen and oxygen atoms in total. The number of aliphatic hydroxyl groups excluding tert-OH is 1. The van der Waals surface area contributed by atoms with Crippen LogP contribution in [0.25, 0.3) is 0 Å². The van der Waals surface area contributed by atoms with Crippen LogP contribution in [0.5, 0.6) is 0 Å². The molecule has 0 heterocycles. The van der Waals surface area contributed by atoms with Crippen LogP contribution in [0.1, 0.15) is 6.92 Å². The molecule has 0 unspecified atom stereocenters. The molecule has 0 aromatic heterocycles. The van der Waals surface area contributed by atoms with Crippen molar-refractivity contribution in [3.8, 4) is 0 Å². The van der Waals surface area contributed by atoms with Crippen molar-refractivity contribution in [1.82, 2.24) is 0 Å². The van der Waals surface area contributed by atoms with E-state index in [1.807, 2.05) is 0 Å². The number of carbonyl (C=O) groups excluding carboxylic acids is 1. The zero-order valence-electron chi connectivity index (χ0n) is 3.84. The van der Waals surface area contributed by atoms with Crippen LogP contribution in [0.15, 0.2) is 0 Å². The van der Waals surface area contributed by atoms with Gasteiger partial charge >= 0.3 is 0 Å². The fourth-order valence-corrected chi connectivity index (χ4v) is 0. The molecule has 0 fully saturated rings. The van der Waals surface area contributed by atoms with Crippen LogP contribution in [0.3, 0.4) is 0 Å². The van der Waals surface area contributed by atoms with E-state index in [9.17, 15) is 0 Å². The van der Waals surface area contributed by atoms with Gasteiger partial charge in [-0.25, -0.2) is 0 Å². The molecule has 0 aliphatic heterocycles. The molecule has 0 spiro atoms. The Morgan fingerprint density at radius 1 is 1.43 bits per heavy atom. The molecule has 1 N–H and O–H groups in total. The van der Waals surface area contributed by atoms with E-state index in [2.05, 4.69) is 0 Å². The fourth-order valence-electron chi connectivity index (χ4n) is 0. The molecular weight excluding hydrogens is 173 g/mol. The predicted molar refractivity (Wildman–Crippen MR) is 19.7 cm³/mol. The topological polar surface area (TPSA) is 54.4 Å². The second-order valence-corrected chi connectivity index (χ2v) is 0.295. The molecule has 0 saturated heterocycles. The average Bonchev–Trinajstić information content (AvgIpc) is 1.39. The van der Waals surface area contributed by atoms with Gasteiger partial charge in [-0.3, -0.25) is 6.29 Å². The van der Waals surface area contributed by atoms with Crippen molar-refractivity contribution in [2.75, 3.05) is 0 Å². The summed E-state index contributed by atoms with van der Waals surface area (Å²) in [4.78, 5) is 16.9. The SMILES string of the molecule is C[C-]=O.O=[C-]O.[Y]. The molecule has 0 atom stereocenters. The van der Waals surface area contributed by atoms with Crippen molar-refractivity contribution >= 4 is 12.8 Å². The molecule has 0 aliphatic rings. The quantitative estimate of drug-likeness (QED) is 0.518. The van der Waals surface area contributed by atoms with Crippen molar-refractivity contribution < 1.29 is 47.4 Å². The average molecular weight is 177 g/mol. The minimum absolute atomic E-state index is 0. The van der Waals surface area contributed by atoms with E-state index in [0.717, 1.165) is 0 Å². The van der Waals surface area contributed by atoms with Crippen molar-refractivity contribution in [2.24, 2.45) is 0 Å². The van der Waals surface area contributed by atoms with Crippen molar-refractivity contribution in [3.63, 3.8) is 0 Å². The van der Waals surface area contributed by atoms with E-state index in [1.165, 1.54) is 13.2 Å². The van der Waals surface area contributed by atoms with Crippen molar-refractivity contribution in [3.05, 3.63) is 0 Å². The number of hydrogen-bond acceptors (Lipinski definition) is 2. The van der Waals surface area contributed by atoms with Gasteiger partial charge in [0.25, 0.3) is 0 Å². The smallest absolute Gasteiger partial charge is 0 e. The van der Waals surface area contributed by atoms with Gasteiger partial charge in [-0.05, 0) is 0 Å². The van der Waals surface area contributed by atoms with Crippen LogP contribution >= 0.6 is 0 Å². The molecule has 39 valence electrons. The van der Waals surface area contributed by atoms with Gasteiger partial charge in [-0.1, -0.05) is 6.47 Å². The van der Waals surface area contributed by atoms with Gasteiger partial charge in [0.2, 0.25) is 0 Å². The third-order valence-corrected chi connectivity index (χ3v) is 0. The van der Waals surface area contributed by atoms with Gasteiger partial charge < -0.3 is 14.7 Å². The predicted octanol–water partition coefficient (Wildman–Crippen LogP) is -0.275. The minimum atomic E-state index is 0. The Morgan fingerprint density at radius 3 is 1.43 bits per heavy atom. The molecular formula is C3H4O3Y-2. The summed E-state index contributed by atoms with van der Waals surface area (Å²) in [6, 6.07) is 0. The molecule has 4 heteroatoms. The first-order valence-corrected chi connectivity index (χ1v) is 1.13. The van der Waals surface area contributed by atoms with E-state index >= 15 is 0 Å². The molecule has 7 heavy (non-hydrogen) atoms. The van der Waals surface area contributed by atoms with Gasteiger partial charge in [0.1, 0.15) is 0 Å². The normalized spacial score (nSPS) is 3.57. The van der Waals surface area contributed by atoms with Crippen molar-refractivity contribution in [1.29, 1.82) is 0 Å². The van der Waals surface area contributed by atoms with Crippen LogP contribution in [-0.2, 0) is 42.3 Å². The van der Waals surface area contributed by atoms with Crippen LogP contribution in [0.2, 0.25) is 0 Å². The Balaban J connectivity index is -0.0000000400. The largest absolute Gasteiger partial charge is 0.665 e. The summed E-state index contributed by atoms with van der Waals surface area (Å²) in [7, 11) is 0. The first kappa shape index (κ1) is 15.7. The third-order valence-electron chi connectivity index (χ3n) is 0. The first-order chi connectivity index (χ1) is 2.83. The van der Waals surface area contributed by atoms with E-state index < -0.39 is 0 Å². The Morgan fingerprint density at radius 2 is 1.43 bits per heavy atom.